The summed E-state index contributed by atoms with van der Waals surface area (Å²) in [5.41, 5.74) is 2.51. The number of nitrogens with zero attached hydrogens (tertiary/aromatic N) is 2. The van der Waals surface area contributed by atoms with Gasteiger partial charge >= 0.3 is 11.9 Å². The van der Waals surface area contributed by atoms with Gasteiger partial charge in [-0.3, -0.25) is 14.8 Å². The zero-order valence-electron chi connectivity index (χ0n) is 17.3. The second-order valence-corrected chi connectivity index (χ2v) is 8.04. The lowest BCUT2D eigenvalue weighted by molar-refractivity contribution is -0.137. The van der Waals surface area contributed by atoms with Gasteiger partial charge in [-0.25, -0.2) is 4.79 Å². The fourth-order valence-electron chi connectivity index (χ4n) is 2.51. The predicted molar refractivity (Wildman–Crippen MR) is 122 cm³/mol. The number of esters is 2. The summed E-state index contributed by atoms with van der Waals surface area (Å²) in [7, 11) is 0. The molecule has 31 heavy (non-hydrogen) atoms. The lowest BCUT2D eigenvalue weighted by Gasteiger charge is -2.15. The van der Waals surface area contributed by atoms with E-state index in [1.54, 1.807) is 62.6 Å². The van der Waals surface area contributed by atoms with Gasteiger partial charge in [0.2, 0.25) is 0 Å². The van der Waals surface area contributed by atoms with Gasteiger partial charge < -0.3 is 9.47 Å². The fraction of sp³-hybridized carbons (Fsp3) is 0.167. The van der Waals surface area contributed by atoms with E-state index in [0.29, 0.717) is 21.3 Å². The summed E-state index contributed by atoms with van der Waals surface area (Å²) in [5.74, 6) is -1.15. The molecule has 3 aromatic rings. The van der Waals surface area contributed by atoms with Gasteiger partial charge in [0, 0.05) is 22.4 Å². The molecule has 0 fully saturated rings. The van der Waals surface area contributed by atoms with Gasteiger partial charge in [0.25, 0.3) is 0 Å². The van der Waals surface area contributed by atoms with Crippen LogP contribution < -0.4 is 9.47 Å². The van der Waals surface area contributed by atoms with Crippen molar-refractivity contribution in [1.29, 1.82) is 0 Å². The summed E-state index contributed by atoms with van der Waals surface area (Å²) < 4.78 is 11.8. The minimum absolute atomic E-state index is 0.113. The largest absolute Gasteiger partial charge is 0.422 e. The first-order chi connectivity index (χ1) is 14.8. The van der Waals surface area contributed by atoms with Crippen LogP contribution in [0.4, 0.5) is 5.69 Å². The van der Waals surface area contributed by atoms with Gasteiger partial charge in [-0.2, -0.15) is 0 Å². The van der Waals surface area contributed by atoms with Gasteiger partial charge in [0.05, 0.1) is 23.4 Å². The van der Waals surface area contributed by atoms with Crippen molar-refractivity contribution in [3.63, 3.8) is 0 Å². The average molecular weight is 481 g/mol. The van der Waals surface area contributed by atoms with E-state index >= 15 is 0 Å². The van der Waals surface area contributed by atoms with Crippen LogP contribution in [0, 0.1) is 12.8 Å². The van der Waals surface area contributed by atoms with Crippen molar-refractivity contribution in [2.75, 3.05) is 0 Å². The molecule has 0 unspecified atom stereocenters. The number of ether oxygens (including phenoxy) is 2. The normalized spacial score (nSPS) is 11.0. The lowest BCUT2D eigenvalue weighted by atomic mass is 10.1. The zero-order chi connectivity index (χ0) is 22.4. The Hall–Kier alpha value is -3.32. The molecular formula is C24H21BrN2O4. The third-order valence-corrected chi connectivity index (χ3v) is 4.67. The van der Waals surface area contributed by atoms with Crippen molar-refractivity contribution in [1.82, 2.24) is 4.98 Å². The first kappa shape index (κ1) is 22.4. The summed E-state index contributed by atoms with van der Waals surface area (Å²) in [6, 6.07) is 13.9. The second-order valence-electron chi connectivity index (χ2n) is 7.12. The summed E-state index contributed by atoms with van der Waals surface area (Å²) in [4.78, 5) is 33.4. The number of benzene rings is 2. The smallest absolute Gasteiger partial charge is 0.343 e. The van der Waals surface area contributed by atoms with Crippen LogP contribution in [0.3, 0.4) is 0 Å². The molecule has 0 aliphatic rings. The van der Waals surface area contributed by atoms with E-state index < -0.39 is 11.9 Å². The van der Waals surface area contributed by atoms with Crippen LogP contribution in [-0.4, -0.2) is 23.1 Å². The number of rotatable bonds is 6. The van der Waals surface area contributed by atoms with E-state index in [0.717, 1.165) is 5.56 Å². The maximum absolute atomic E-state index is 12.7. The highest BCUT2D eigenvalue weighted by atomic mass is 79.9. The van der Waals surface area contributed by atoms with Crippen LogP contribution >= 0.6 is 15.9 Å². The first-order valence-corrected chi connectivity index (χ1v) is 10.4. The molecule has 0 aliphatic carbocycles. The number of carbonyl (C=O) groups excluding carboxylic acids is 2. The SMILES string of the molecule is Cc1ccc(C(=O)Oc2cc(Br)cc(C=Nc3cccnc3)c2OC(=O)C(C)C)cc1. The van der Waals surface area contributed by atoms with Crippen molar-refractivity contribution in [3.05, 3.63) is 82.1 Å². The van der Waals surface area contributed by atoms with E-state index in [4.69, 9.17) is 9.47 Å². The Kier molecular flexibility index (Phi) is 7.31. The quantitative estimate of drug-likeness (QED) is 0.257. The monoisotopic (exact) mass is 480 g/mol. The molecule has 1 heterocycles. The molecule has 6 nitrogen and oxygen atoms in total. The highest BCUT2D eigenvalue weighted by Crippen LogP contribution is 2.36. The highest BCUT2D eigenvalue weighted by Gasteiger charge is 2.21. The Labute approximate surface area is 189 Å². The van der Waals surface area contributed by atoms with Gasteiger partial charge in [-0.05, 0) is 43.3 Å². The van der Waals surface area contributed by atoms with Crippen molar-refractivity contribution in [2.45, 2.75) is 20.8 Å². The molecule has 7 heteroatoms. The average Bonchev–Trinajstić information content (AvgIpc) is 2.75. The summed E-state index contributed by atoms with van der Waals surface area (Å²) in [6.45, 7) is 5.38. The second kappa shape index (κ2) is 10.1. The van der Waals surface area contributed by atoms with Gasteiger partial charge in [0.1, 0.15) is 0 Å². The Balaban J connectivity index is 2.00. The van der Waals surface area contributed by atoms with E-state index in [1.165, 1.54) is 6.21 Å². The fourth-order valence-corrected chi connectivity index (χ4v) is 2.97. The Morgan fingerprint density at radius 1 is 1.10 bits per heavy atom. The Morgan fingerprint density at radius 2 is 1.84 bits per heavy atom. The maximum atomic E-state index is 12.7. The van der Waals surface area contributed by atoms with Crippen molar-refractivity contribution in [2.24, 2.45) is 10.9 Å². The van der Waals surface area contributed by atoms with Crippen molar-refractivity contribution >= 4 is 39.8 Å². The summed E-state index contributed by atoms with van der Waals surface area (Å²) in [5, 5.41) is 0. The number of halogens is 1. The topological polar surface area (TPSA) is 77.8 Å². The molecule has 0 bridgehead atoms. The minimum Gasteiger partial charge on any atom is -0.422 e. The van der Waals surface area contributed by atoms with Crippen LogP contribution in [0.2, 0.25) is 0 Å². The molecule has 0 spiro atoms. The number of aryl methyl sites for hydroxylation is 1. The number of hydrogen-bond acceptors (Lipinski definition) is 6. The molecule has 0 radical (unpaired) electrons. The Morgan fingerprint density at radius 3 is 2.48 bits per heavy atom. The standard InChI is InChI=1S/C24H21BrN2O4/c1-15(2)23(28)31-22-18(13-27-20-5-4-10-26-14-20)11-19(25)12-21(22)30-24(29)17-8-6-16(3)7-9-17/h4-15H,1-3H3. The van der Waals surface area contributed by atoms with Crippen molar-refractivity contribution < 1.29 is 19.1 Å². The van der Waals surface area contributed by atoms with E-state index in [1.807, 2.05) is 19.1 Å². The molecule has 0 aliphatic heterocycles. The summed E-state index contributed by atoms with van der Waals surface area (Å²) >= 11 is 3.42. The molecule has 3 rings (SSSR count). The Bertz CT molecular complexity index is 1110. The van der Waals surface area contributed by atoms with E-state index in [9.17, 15) is 9.59 Å². The van der Waals surface area contributed by atoms with Gasteiger partial charge in [-0.1, -0.05) is 47.5 Å². The van der Waals surface area contributed by atoms with Gasteiger partial charge in [0.15, 0.2) is 11.5 Å². The third kappa shape index (κ3) is 6.08. The van der Waals surface area contributed by atoms with Crippen molar-refractivity contribution in [3.8, 4) is 11.5 Å². The maximum Gasteiger partial charge on any atom is 0.343 e. The number of aromatic nitrogens is 1. The van der Waals surface area contributed by atoms with Crippen LogP contribution in [0.5, 0.6) is 11.5 Å². The van der Waals surface area contributed by atoms with Crippen LogP contribution in [0.25, 0.3) is 0 Å². The molecule has 0 saturated carbocycles. The van der Waals surface area contributed by atoms with Crippen LogP contribution in [-0.2, 0) is 4.79 Å². The third-order valence-electron chi connectivity index (χ3n) is 4.21. The zero-order valence-corrected chi connectivity index (χ0v) is 18.9. The molecule has 1 aromatic heterocycles. The number of carbonyl (C=O) groups is 2. The van der Waals surface area contributed by atoms with E-state index in [-0.39, 0.29) is 17.4 Å². The molecule has 158 valence electrons. The molecule has 0 amide bonds. The predicted octanol–water partition coefficient (Wildman–Crippen LogP) is 5.68. The minimum atomic E-state index is -0.560. The van der Waals surface area contributed by atoms with Crippen LogP contribution in [0.15, 0.2) is 70.4 Å². The first-order valence-electron chi connectivity index (χ1n) is 9.61. The molecule has 0 atom stereocenters. The summed E-state index contributed by atoms with van der Waals surface area (Å²) in [6.07, 6.45) is 4.79. The number of aliphatic imine (C=N–C) groups is 1. The van der Waals surface area contributed by atoms with E-state index in [2.05, 4.69) is 25.9 Å². The molecule has 0 saturated heterocycles. The molecular weight excluding hydrogens is 460 g/mol. The number of pyridine rings is 1. The highest BCUT2D eigenvalue weighted by molar-refractivity contribution is 9.10. The number of hydrogen-bond donors (Lipinski definition) is 0. The lowest BCUT2D eigenvalue weighted by Crippen LogP contribution is -2.17. The molecule has 2 aromatic carbocycles. The van der Waals surface area contributed by atoms with Crippen LogP contribution in [0.1, 0.15) is 35.3 Å². The van der Waals surface area contributed by atoms with Gasteiger partial charge in [-0.15, -0.1) is 0 Å². The molecule has 0 N–H and O–H groups in total.